The topological polar surface area (TPSA) is 118 Å². The average Bonchev–Trinajstić information content (AvgIpc) is 2.60. The van der Waals surface area contributed by atoms with Gasteiger partial charge in [0.25, 0.3) is 5.91 Å². The van der Waals surface area contributed by atoms with Crippen LogP contribution in [0.2, 0.25) is 0 Å². The molecule has 3 aromatic rings. The van der Waals surface area contributed by atoms with E-state index in [1.165, 1.54) is 6.07 Å². The number of nitrogen functional groups attached to an aromatic ring is 1. The highest BCUT2D eigenvalue weighted by atomic mass is 16.4. The maximum atomic E-state index is 12.1. The van der Waals surface area contributed by atoms with Crippen molar-refractivity contribution in [2.45, 2.75) is 6.92 Å². The molecule has 1 heterocycles. The molecule has 0 aliphatic heterocycles. The second kappa shape index (κ2) is 6.48. The number of nitrogens with one attached hydrogen (secondary N) is 1. The quantitative estimate of drug-likeness (QED) is 0.293. The first-order valence-corrected chi connectivity index (χ1v) is 7.42. The Labute approximate surface area is 142 Å². The van der Waals surface area contributed by atoms with Gasteiger partial charge in [-0.1, -0.05) is 12.1 Å². The van der Waals surface area contributed by atoms with Gasteiger partial charge < -0.3 is 15.3 Å². The Hall–Kier alpha value is -3.61. The number of nitrogens with two attached hydrogens (primary N) is 1. The molecule has 0 radical (unpaired) electrons. The molecule has 3 rings (SSSR count). The normalized spacial score (nSPS) is 11.5. The van der Waals surface area contributed by atoms with Gasteiger partial charge in [-0.2, -0.15) is 5.10 Å². The third kappa shape index (κ3) is 3.35. The van der Waals surface area contributed by atoms with E-state index in [1.807, 2.05) is 0 Å². The summed E-state index contributed by atoms with van der Waals surface area (Å²) in [6, 6.07) is 12.7. The highest BCUT2D eigenvalue weighted by Crippen LogP contribution is 2.23. The predicted octanol–water partition coefficient (Wildman–Crippen LogP) is 2.23. The van der Waals surface area contributed by atoms with Crippen LogP contribution in [0, 0.1) is 0 Å². The van der Waals surface area contributed by atoms with E-state index in [0.29, 0.717) is 16.6 Å². The van der Waals surface area contributed by atoms with Crippen molar-refractivity contribution in [1.29, 1.82) is 0 Å². The van der Waals surface area contributed by atoms with E-state index >= 15 is 0 Å². The molecule has 7 nitrogen and oxygen atoms in total. The maximum Gasteiger partial charge on any atom is 0.345 e. The molecule has 0 aliphatic rings. The zero-order valence-corrected chi connectivity index (χ0v) is 13.3. The maximum absolute atomic E-state index is 12.1. The van der Waals surface area contributed by atoms with Gasteiger partial charge in [-0.15, -0.1) is 0 Å². The van der Waals surface area contributed by atoms with Crippen LogP contribution in [0.4, 0.5) is 5.69 Å². The second-order valence-electron chi connectivity index (χ2n) is 5.40. The van der Waals surface area contributed by atoms with Crippen LogP contribution in [0.3, 0.4) is 0 Å². The number of para-hydroxylation sites is 1. The Bertz CT molecular complexity index is 1040. The number of benzene rings is 2. The molecule has 1 amide bonds. The van der Waals surface area contributed by atoms with Crippen molar-refractivity contribution in [3.8, 4) is 5.75 Å². The first-order valence-electron chi connectivity index (χ1n) is 7.42. The van der Waals surface area contributed by atoms with Gasteiger partial charge in [0.05, 0.1) is 11.3 Å². The smallest absolute Gasteiger partial charge is 0.345 e. The number of anilines is 1. The van der Waals surface area contributed by atoms with E-state index in [1.54, 1.807) is 49.4 Å². The number of rotatable bonds is 3. The number of hydrogen-bond donors (Lipinski definition) is 3. The molecule has 1 aromatic heterocycles. The third-order valence-corrected chi connectivity index (χ3v) is 3.63. The first-order chi connectivity index (χ1) is 12.0. The number of hydrazone groups is 1. The molecule has 0 bridgehead atoms. The molecule has 0 saturated carbocycles. The molecule has 0 atom stereocenters. The number of carbonyl (C=O) groups excluding carboxylic acids is 1. The molecule has 2 aromatic carbocycles. The van der Waals surface area contributed by atoms with Crippen LogP contribution in [-0.4, -0.2) is 16.7 Å². The van der Waals surface area contributed by atoms with Gasteiger partial charge in [0.1, 0.15) is 0 Å². The molecule has 0 saturated heterocycles. The Morgan fingerprint density at radius 2 is 1.92 bits per heavy atom. The van der Waals surface area contributed by atoms with Crippen LogP contribution in [-0.2, 0) is 0 Å². The number of fused-ring (bicyclic) bond motifs is 1. The van der Waals surface area contributed by atoms with Crippen LogP contribution in [0.1, 0.15) is 22.8 Å². The molecule has 25 heavy (non-hydrogen) atoms. The summed E-state index contributed by atoms with van der Waals surface area (Å²) in [5.74, 6) is -0.547. The number of aromatic hydroxyl groups is 1. The Morgan fingerprint density at radius 3 is 2.64 bits per heavy atom. The van der Waals surface area contributed by atoms with Gasteiger partial charge >= 0.3 is 5.63 Å². The average molecular weight is 337 g/mol. The van der Waals surface area contributed by atoms with E-state index in [2.05, 4.69) is 10.5 Å². The van der Waals surface area contributed by atoms with Crippen molar-refractivity contribution >= 4 is 28.3 Å². The fourth-order valence-corrected chi connectivity index (χ4v) is 2.28. The monoisotopic (exact) mass is 337 g/mol. The summed E-state index contributed by atoms with van der Waals surface area (Å²) >= 11 is 0. The minimum absolute atomic E-state index is 0.106. The van der Waals surface area contributed by atoms with Crippen LogP contribution >= 0.6 is 0 Å². The van der Waals surface area contributed by atoms with Gasteiger partial charge in [0.15, 0.2) is 11.3 Å². The van der Waals surface area contributed by atoms with Gasteiger partial charge in [0.2, 0.25) is 0 Å². The lowest BCUT2D eigenvalue weighted by molar-refractivity contribution is 0.0955. The lowest BCUT2D eigenvalue weighted by Gasteiger charge is -2.04. The second-order valence-corrected chi connectivity index (χ2v) is 5.40. The number of hydrogen-bond acceptors (Lipinski definition) is 6. The summed E-state index contributed by atoms with van der Waals surface area (Å²) in [6.07, 6.45) is 0. The highest BCUT2D eigenvalue weighted by Gasteiger charge is 2.11. The fraction of sp³-hybridized carbons (Fsp3) is 0.0556. The molecule has 0 spiro atoms. The van der Waals surface area contributed by atoms with Crippen molar-refractivity contribution in [3.05, 3.63) is 70.1 Å². The third-order valence-electron chi connectivity index (χ3n) is 3.63. The van der Waals surface area contributed by atoms with Crippen molar-refractivity contribution in [2.75, 3.05) is 5.73 Å². The number of phenols is 1. The molecule has 4 N–H and O–H groups in total. The van der Waals surface area contributed by atoms with Crippen molar-refractivity contribution in [1.82, 2.24) is 5.43 Å². The largest absolute Gasteiger partial charge is 0.504 e. The van der Waals surface area contributed by atoms with E-state index in [9.17, 15) is 14.7 Å². The minimum Gasteiger partial charge on any atom is -0.504 e. The van der Waals surface area contributed by atoms with E-state index in [0.717, 1.165) is 0 Å². The summed E-state index contributed by atoms with van der Waals surface area (Å²) in [6.45, 7) is 1.57. The summed E-state index contributed by atoms with van der Waals surface area (Å²) in [4.78, 5) is 24.1. The number of carbonyl (C=O) groups is 1. The summed E-state index contributed by atoms with van der Waals surface area (Å²) in [5.41, 5.74) is 8.82. The Balaban J connectivity index is 1.88. The van der Waals surface area contributed by atoms with Gasteiger partial charge in [-0.3, -0.25) is 4.79 Å². The number of amides is 1. The van der Waals surface area contributed by atoms with E-state index in [4.69, 9.17) is 10.2 Å². The number of nitrogens with zero attached hydrogens (tertiary/aromatic N) is 1. The van der Waals surface area contributed by atoms with Gasteiger partial charge in [-0.25, -0.2) is 10.2 Å². The van der Waals surface area contributed by atoms with Crippen molar-refractivity contribution < 1.29 is 14.3 Å². The molecule has 0 fully saturated rings. The fourth-order valence-electron chi connectivity index (χ4n) is 2.28. The standard InChI is InChI=1S/C18H15N3O4/c1-10(20-21-17(23)11-5-7-13(19)8-6-11)14-9-12-3-2-4-15(22)16(12)25-18(14)24/h2-9,22H,19H2,1H3,(H,21,23)/b20-10+. The summed E-state index contributed by atoms with van der Waals surface area (Å²) in [5, 5.41) is 14.2. The molecule has 0 unspecified atom stereocenters. The summed E-state index contributed by atoms with van der Waals surface area (Å²) in [7, 11) is 0. The molecule has 7 heteroatoms. The minimum atomic E-state index is -0.656. The van der Waals surface area contributed by atoms with E-state index in [-0.39, 0.29) is 22.6 Å². The van der Waals surface area contributed by atoms with Crippen molar-refractivity contribution in [3.63, 3.8) is 0 Å². The van der Waals surface area contributed by atoms with Crippen LogP contribution in [0.5, 0.6) is 5.75 Å². The highest BCUT2D eigenvalue weighted by molar-refractivity contribution is 6.02. The van der Waals surface area contributed by atoms with Crippen LogP contribution < -0.4 is 16.8 Å². The lowest BCUT2D eigenvalue weighted by Crippen LogP contribution is -2.21. The van der Waals surface area contributed by atoms with E-state index < -0.39 is 11.5 Å². The zero-order valence-electron chi connectivity index (χ0n) is 13.3. The molecule has 0 aliphatic carbocycles. The van der Waals surface area contributed by atoms with Crippen LogP contribution in [0.25, 0.3) is 11.0 Å². The van der Waals surface area contributed by atoms with Gasteiger partial charge in [-0.05, 0) is 43.3 Å². The van der Waals surface area contributed by atoms with Crippen molar-refractivity contribution in [2.24, 2.45) is 5.10 Å². The molecular formula is C18H15N3O4. The molecule has 126 valence electrons. The van der Waals surface area contributed by atoms with Gasteiger partial charge in [0, 0.05) is 16.6 Å². The predicted molar refractivity (Wildman–Crippen MR) is 94.7 cm³/mol. The first kappa shape index (κ1) is 16.3. The van der Waals surface area contributed by atoms with Crippen LogP contribution in [0.15, 0.2) is 62.8 Å². The summed E-state index contributed by atoms with van der Waals surface area (Å²) < 4.78 is 5.14. The Morgan fingerprint density at radius 1 is 1.20 bits per heavy atom. The lowest BCUT2D eigenvalue weighted by atomic mass is 10.1. The SMILES string of the molecule is C/C(=N\NC(=O)c1ccc(N)cc1)c1cc2cccc(O)c2oc1=O. The Kier molecular flexibility index (Phi) is 4.21. The zero-order chi connectivity index (χ0) is 18.0. The number of phenolic OH excluding ortho intramolecular Hbond substituents is 1. The molecular weight excluding hydrogens is 322 g/mol.